The third-order valence-corrected chi connectivity index (χ3v) is 1.26. The number of aromatic nitrogens is 13. The molecule has 0 unspecified atom stereocenters. The summed E-state index contributed by atoms with van der Waals surface area (Å²) in [6.07, 6.45) is 10.4. The minimum absolute atomic E-state index is 1.33. The zero-order valence-corrected chi connectivity index (χ0v) is 10.1. The van der Waals surface area contributed by atoms with Gasteiger partial charge in [-0.1, -0.05) is 5.21 Å². The van der Waals surface area contributed by atoms with Crippen LogP contribution < -0.4 is 0 Å². The summed E-state index contributed by atoms with van der Waals surface area (Å²) in [4.78, 5) is 7.11. The predicted molar refractivity (Wildman–Crippen MR) is 63.3 cm³/mol. The Hall–Kier alpha value is -3.51. The molecule has 0 atom stereocenters. The second-order valence-electron chi connectivity index (χ2n) is 2.52. The number of nitrogens with zero attached hydrogens (tertiary/aromatic N) is 9. The Morgan fingerprint density at radius 2 is 1.25 bits per heavy atom. The number of H-pyrrole nitrogens is 4. The molecule has 4 aromatic rings. The standard InChI is InChI=1S/3C2H3N3.CH2N4/c2*1-3-2-5-4-1;2*1-2-4-5-3-1/h3*1-2H,(H,3,4,5);1H,(H,2,3,4,5). The van der Waals surface area contributed by atoms with E-state index in [1.165, 1.54) is 31.6 Å². The van der Waals surface area contributed by atoms with Crippen molar-refractivity contribution in [1.29, 1.82) is 0 Å². The van der Waals surface area contributed by atoms with Crippen LogP contribution >= 0.6 is 0 Å². The van der Waals surface area contributed by atoms with E-state index in [2.05, 4.69) is 66.4 Å². The first-order valence-electron chi connectivity index (χ1n) is 5.03. The van der Waals surface area contributed by atoms with Crippen molar-refractivity contribution in [3.05, 3.63) is 44.0 Å². The maximum atomic E-state index is 3.56. The molecule has 13 heteroatoms. The Morgan fingerprint density at radius 1 is 0.600 bits per heavy atom. The van der Waals surface area contributed by atoms with E-state index in [9.17, 15) is 0 Å². The first kappa shape index (κ1) is 14.6. The highest BCUT2D eigenvalue weighted by atomic mass is 15.5. The quantitative estimate of drug-likeness (QED) is 0.301. The van der Waals surface area contributed by atoms with Crippen molar-refractivity contribution < 1.29 is 0 Å². The van der Waals surface area contributed by atoms with Gasteiger partial charge in [0.1, 0.15) is 25.3 Å². The third kappa shape index (κ3) is 9.70. The highest BCUT2D eigenvalue weighted by molar-refractivity contribution is 4.54. The molecule has 0 bridgehead atoms. The zero-order valence-electron chi connectivity index (χ0n) is 10.1. The molecule has 4 N–H and O–H groups in total. The van der Waals surface area contributed by atoms with Crippen molar-refractivity contribution in [2.24, 2.45) is 0 Å². The van der Waals surface area contributed by atoms with Gasteiger partial charge < -0.3 is 0 Å². The number of hydrogen-bond donors (Lipinski definition) is 4. The van der Waals surface area contributed by atoms with E-state index in [1.54, 1.807) is 12.4 Å². The van der Waals surface area contributed by atoms with Gasteiger partial charge in [0, 0.05) is 0 Å². The lowest BCUT2D eigenvalue weighted by atomic mass is 11.0. The van der Waals surface area contributed by atoms with Gasteiger partial charge in [-0.15, -0.1) is 10.2 Å². The summed E-state index contributed by atoms with van der Waals surface area (Å²) in [6.45, 7) is 0. The molecule has 0 aliphatic carbocycles. The van der Waals surface area contributed by atoms with Gasteiger partial charge in [-0.2, -0.15) is 30.8 Å². The number of tetrazole rings is 1. The molecule has 0 aliphatic heterocycles. The van der Waals surface area contributed by atoms with E-state index in [4.69, 9.17) is 0 Å². The van der Waals surface area contributed by atoms with Crippen molar-refractivity contribution in [2.75, 3.05) is 0 Å². The van der Waals surface area contributed by atoms with Crippen molar-refractivity contribution in [3.8, 4) is 0 Å². The largest absolute Gasteiger partial charge is 0.266 e. The SMILES string of the molecule is c1cn[nH]n1.c1nc[nH]n1.c1nc[nH]n1.c1nn[nH]n1. The van der Waals surface area contributed by atoms with Gasteiger partial charge in [-0.3, -0.25) is 10.2 Å². The number of aromatic amines is 4. The molecule has 0 saturated heterocycles. The second kappa shape index (κ2) is 12.0. The van der Waals surface area contributed by atoms with Crippen LogP contribution in [0.25, 0.3) is 0 Å². The van der Waals surface area contributed by atoms with Crippen LogP contribution in [0.5, 0.6) is 0 Å². The summed E-state index contributed by atoms with van der Waals surface area (Å²) in [5.74, 6) is 0. The van der Waals surface area contributed by atoms with Crippen LogP contribution in [0.4, 0.5) is 0 Å². The highest BCUT2D eigenvalue weighted by Crippen LogP contribution is 1.55. The molecule has 0 saturated carbocycles. The Morgan fingerprint density at radius 3 is 1.40 bits per heavy atom. The van der Waals surface area contributed by atoms with Crippen molar-refractivity contribution in [3.63, 3.8) is 0 Å². The summed E-state index contributed by atoms with van der Waals surface area (Å²) < 4.78 is 0. The molecule has 13 nitrogen and oxygen atoms in total. The van der Waals surface area contributed by atoms with E-state index in [0.717, 1.165) is 0 Å². The van der Waals surface area contributed by atoms with Crippen LogP contribution in [-0.4, -0.2) is 66.4 Å². The van der Waals surface area contributed by atoms with Crippen molar-refractivity contribution in [2.45, 2.75) is 0 Å². The summed E-state index contributed by atoms with van der Waals surface area (Å²) in [6, 6.07) is 0. The molecule has 104 valence electrons. The molecule has 4 aromatic heterocycles. The third-order valence-electron chi connectivity index (χ3n) is 1.26. The van der Waals surface area contributed by atoms with E-state index in [0.29, 0.717) is 0 Å². The fourth-order valence-electron chi connectivity index (χ4n) is 0.629. The van der Waals surface area contributed by atoms with Gasteiger partial charge in [0.25, 0.3) is 0 Å². The molecule has 4 heterocycles. The molecule has 0 amide bonds. The molecule has 20 heavy (non-hydrogen) atoms. The topological polar surface area (TPSA) is 179 Å². The van der Waals surface area contributed by atoms with Gasteiger partial charge in [0.05, 0.1) is 12.4 Å². The van der Waals surface area contributed by atoms with E-state index < -0.39 is 0 Å². The monoisotopic (exact) mass is 277 g/mol. The van der Waals surface area contributed by atoms with Gasteiger partial charge in [-0.25, -0.2) is 9.97 Å². The van der Waals surface area contributed by atoms with Crippen LogP contribution in [0.1, 0.15) is 0 Å². The Kier molecular flexibility index (Phi) is 8.70. The fraction of sp³-hybridized carbons (Fsp3) is 0. The molecule has 0 aromatic carbocycles. The molecule has 0 aliphatic rings. The molecule has 0 fully saturated rings. The first-order valence-corrected chi connectivity index (χ1v) is 5.03. The fourth-order valence-corrected chi connectivity index (χ4v) is 0.629. The number of hydrogen-bond acceptors (Lipinski definition) is 9. The Labute approximate surface area is 111 Å². The maximum absolute atomic E-state index is 3.56. The van der Waals surface area contributed by atoms with Gasteiger partial charge in [0.2, 0.25) is 0 Å². The lowest BCUT2D eigenvalue weighted by Gasteiger charge is -1.48. The summed E-state index contributed by atoms with van der Waals surface area (Å²) in [5, 5.41) is 33.5. The lowest BCUT2D eigenvalue weighted by molar-refractivity contribution is 0.881. The Bertz CT molecular complexity index is 350. The molecule has 0 spiro atoms. The number of rotatable bonds is 0. The smallest absolute Gasteiger partial charge is 0.161 e. The number of nitrogens with one attached hydrogen (secondary N) is 4. The van der Waals surface area contributed by atoms with Gasteiger partial charge in [-0.05, 0) is 0 Å². The summed E-state index contributed by atoms with van der Waals surface area (Å²) >= 11 is 0. The van der Waals surface area contributed by atoms with Crippen LogP contribution in [-0.2, 0) is 0 Å². The Balaban J connectivity index is 0.000000133. The average molecular weight is 277 g/mol. The average Bonchev–Trinajstić information content (AvgIpc) is 3.40. The van der Waals surface area contributed by atoms with Crippen molar-refractivity contribution in [1.82, 2.24) is 66.4 Å². The van der Waals surface area contributed by atoms with Crippen LogP contribution in [0, 0.1) is 0 Å². The van der Waals surface area contributed by atoms with E-state index >= 15 is 0 Å². The lowest BCUT2D eigenvalue weighted by Crippen LogP contribution is -1.64. The van der Waals surface area contributed by atoms with Gasteiger partial charge >= 0.3 is 0 Å². The van der Waals surface area contributed by atoms with Gasteiger partial charge in [0.15, 0.2) is 6.33 Å². The van der Waals surface area contributed by atoms with Crippen LogP contribution in [0.2, 0.25) is 0 Å². The van der Waals surface area contributed by atoms with E-state index in [-0.39, 0.29) is 0 Å². The first-order chi connectivity index (χ1) is 10.0. The van der Waals surface area contributed by atoms with Crippen molar-refractivity contribution >= 4 is 0 Å². The second-order valence-corrected chi connectivity index (χ2v) is 2.52. The minimum atomic E-state index is 1.33. The predicted octanol–water partition coefficient (Wildman–Crippen LogP) is -1.39. The molecule has 0 radical (unpaired) electrons. The van der Waals surface area contributed by atoms with E-state index in [1.807, 2.05) is 0 Å². The maximum Gasteiger partial charge on any atom is 0.161 e. The molecular weight excluding hydrogens is 266 g/mol. The highest BCUT2D eigenvalue weighted by Gasteiger charge is 1.59. The minimum Gasteiger partial charge on any atom is -0.266 e. The molecular formula is C7H11N13. The normalized spacial score (nSPS) is 8.00. The zero-order chi connectivity index (χ0) is 14.1. The summed E-state index contributed by atoms with van der Waals surface area (Å²) in [7, 11) is 0. The van der Waals surface area contributed by atoms with Crippen LogP contribution in [0.15, 0.2) is 44.0 Å². The summed E-state index contributed by atoms with van der Waals surface area (Å²) in [5.41, 5.74) is 0. The van der Waals surface area contributed by atoms with Crippen LogP contribution in [0.3, 0.4) is 0 Å². The molecule has 4 rings (SSSR count).